The molecule has 0 spiro atoms. The van der Waals surface area contributed by atoms with Crippen LogP contribution < -0.4 is 0 Å². The maximum absolute atomic E-state index is 12.7. The van der Waals surface area contributed by atoms with E-state index in [4.69, 9.17) is 0 Å². The molecule has 0 radical (unpaired) electrons. The van der Waals surface area contributed by atoms with Gasteiger partial charge in [-0.25, -0.2) is 4.79 Å². The Morgan fingerprint density at radius 2 is 1.91 bits per heavy atom. The second-order valence-corrected chi connectivity index (χ2v) is 5.58. The molecule has 2 aromatic rings. The minimum absolute atomic E-state index is 0.0323. The molecular formula is C18H26N2O2. The van der Waals surface area contributed by atoms with Gasteiger partial charge in [0.1, 0.15) is 0 Å². The molecule has 2 rings (SSSR count). The standard InChI is InChI=1S/C18H26N2O2/c1-4-7-12-17(21)15-13-20(18(22)19(5-2)6-3)16-11-9-8-10-14(15)16/h8-11,13,17,21H,4-7,12H2,1-3H3. The van der Waals surface area contributed by atoms with Crippen molar-refractivity contribution in [3.8, 4) is 0 Å². The highest BCUT2D eigenvalue weighted by atomic mass is 16.3. The van der Waals surface area contributed by atoms with Crippen molar-refractivity contribution >= 4 is 16.9 Å². The van der Waals surface area contributed by atoms with Crippen LogP contribution in [0.15, 0.2) is 30.5 Å². The third kappa shape index (κ3) is 3.17. The van der Waals surface area contributed by atoms with Gasteiger partial charge in [0.05, 0.1) is 11.6 Å². The number of nitrogens with zero attached hydrogens (tertiary/aromatic N) is 2. The van der Waals surface area contributed by atoms with E-state index in [1.807, 2.05) is 44.3 Å². The van der Waals surface area contributed by atoms with Crippen LogP contribution in [0, 0.1) is 0 Å². The number of rotatable bonds is 6. The fraction of sp³-hybridized carbons (Fsp3) is 0.500. The van der Waals surface area contributed by atoms with E-state index in [-0.39, 0.29) is 6.03 Å². The predicted octanol–water partition coefficient (Wildman–Crippen LogP) is 4.17. The number of para-hydroxylation sites is 1. The number of carbonyl (C=O) groups is 1. The summed E-state index contributed by atoms with van der Waals surface area (Å²) in [5, 5.41) is 11.4. The van der Waals surface area contributed by atoms with Crippen LogP contribution in [0.2, 0.25) is 0 Å². The number of fused-ring (bicyclic) bond motifs is 1. The number of hydrogen-bond acceptors (Lipinski definition) is 2. The number of aromatic nitrogens is 1. The lowest BCUT2D eigenvalue weighted by Crippen LogP contribution is -2.33. The Bertz CT molecular complexity index is 629. The van der Waals surface area contributed by atoms with Gasteiger partial charge in [0, 0.05) is 30.2 Å². The fourth-order valence-electron chi connectivity index (χ4n) is 2.83. The highest BCUT2D eigenvalue weighted by Gasteiger charge is 2.20. The number of hydrogen-bond donors (Lipinski definition) is 1. The zero-order valence-corrected chi connectivity index (χ0v) is 13.7. The molecule has 0 bridgehead atoms. The van der Waals surface area contributed by atoms with Crippen molar-refractivity contribution < 1.29 is 9.90 Å². The molecule has 22 heavy (non-hydrogen) atoms. The first-order chi connectivity index (χ1) is 10.6. The topological polar surface area (TPSA) is 45.5 Å². The van der Waals surface area contributed by atoms with E-state index in [1.165, 1.54) is 0 Å². The SMILES string of the molecule is CCCCC(O)c1cn(C(=O)N(CC)CC)c2ccccc12. The van der Waals surface area contributed by atoms with Crippen molar-refractivity contribution in [2.45, 2.75) is 46.1 Å². The van der Waals surface area contributed by atoms with Crippen LogP contribution in [0.1, 0.15) is 51.7 Å². The summed E-state index contributed by atoms with van der Waals surface area (Å²) in [6.45, 7) is 7.42. The largest absolute Gasteiger partial charge is 0.388 e. The van der Waals surface area contributed by atoms with E-state index in [0.29, 0.717) is 13.1 Å². The highest BCUT2D eigenvalue weighted by molar-refractivity contribution is 5.94. The van der Waals surface area contributed by atoms with Gasteiger partial charge in [-0.1, -0.05) is 38.0 Å². The number of aliphatic hydroxyl groups excluding tert-OH is 1. The molecule has 0 aliphatic carbocycles. The fourth-order valence-corrected chi connectivity index (χ4v) is 2.83. The van der Waals surface area contributed by atoms with Crippen LogP contribution >= 0.6 is 0 Å². The van der Waals surface area contributed by atoms with E-state index in [2.05, 4.69) is 6.92 Å². The van der Waals surface area contributed by atoms with Crippen molar-refractivity contribution in [2.75, 3.05) is 13.1 Å². The molecule has 0 saturated carbocycles. The van der Waals surface area contributed by atoms with Crippen molar-refractivity contribution in [1.82, 2.24) is 9.47 Å². The van der Waals surface area contributed by atoms with Gasteiger partial charge >= 0.3 is 6.03 Å². The third-order valence-electron chi connectivity index (χ3n) is 4.17. The molecule has 1 heterocycles. The molecule has 1 N–H and O–H groups in total. The van der Waals surface area contributed by atoms with E-state index in [1.54, 1.807) is 9.47 Å². The van der Waals surface area contributed by atoms with Gasteiger partial charge in [-0.2, -0.15) is 0 Å². The first kappa shape index (κ1) is 16.6. The van der Waals surface area contributed by atoms with Crippen LogP contribution in [-0.4, -0.2) is 33.7 Å². The summed E-state index contributed by atoms with van der Waals surface area (Å²) < 4.78 is 1.67. The Morgan fingerprint density at radius 3 is 2.55 bits per heavy atom. The summed E-state index contributed by atoms with van der Waals surface area (Å²) in [6, 6.07) is 7.76. The summed E-state index contributed by atoms with van der Waals surface area (Å²) in [6.07, 6.45) is 4.05. The maximum atomic E-state index is 12.7. The van der Waals surface area contributed by atoms with E-state index in [0.717, 1.165) is 35.7 Å². The Labute approximate surface area is 132 Å². The summed E-state index contributed by atoms with van der Waals surface area (Å²) >= 11 is 0. The monoisotopic (exact) mass is 302 g/mol. The van der Waals surface area contributed by atoms with Gasteiger partial charge in [0.2, 0.25) is 0 Å². The van der Waals surface area contributed by atoms with E-state index < -0.39 is 6.10 Å². The number of amides is 1. The molecule has 0 fully saturated rings. The Balaban J connectivity index is 2.45. The lowest BCUT2D eigenvalue weighted by Gasteiger charge is -2.19. The molecule has 0 saturated heterocycles. The average molecular weight is 302 g/mol. The minimum Gasteiger partial charge on any atom is -0.388 e. The Hall–Kier alpha value is -1.81. The molecule has 1 aromatic carbocycles. The first-order valence-corrected chi connectivity index (χ1v) is 8.21. The quantitative estimate of drug-likeness (QED) is 0.870. The molecule has 4 heteroatoms. The highest BCUT2D eigenvalue weighted by Crippen LogP contribution is 2.29. The summed E-state index contributed by atoms with van der Waals surface area (Å²) in [4.78, 5) is 14.5. The smallest absolute Gasteiger partial charge is 0.328 e. The second kappa shape index (κ2) is 7.45. The molecule has 120 valence electrons. The first-order valence-electron chi connectivity index (χ1n) is 8.21. The third-order valence-corrected chi connectivity index (χ3v) is 4.17. The Morgan fingerprint density at radius 1 is 1.23 bits per heavy atom. The van der Waals surface area contributed by atoms with E-state index in [9.17, 15) is 9.90 Å². The second-order valence-electron chi connectivity index (χ2n) is 5.58. The van der Waals surface area contributed by atoms with Crippen molar-refractivity contribution in [3.63, 3.8) is 0 Å². The molecule has 1 unspecified atom stereocenters. The molecule has 1 atom stereocenters. The van der Waals surface area contributed by atoms with Gasteiger partial charge < -0.3 is 10.0 Å². The van der Waals surface area contributed by atoms with Gasteiger partial charge in [0.25, 0.3) is 0 Å². The number of carbonyl (C=O) groups excluding carboxylic acids is 1. The van der Waals surface area contributed by atoms with E-state index >= 15 is 0 Å². The number of unbranched alkanes of at least 4 members (excludes halogenated alkanes) is 1. The maximum Gasteiger partial charge on any atom is 0.328 e. The lowest BCUT2D eigenvalue weighted by atomic mass is 10.0. The molecule has 0 aliphatic rings. The summed E-state index contributed by atoms with van der Waals surface area (Å²) in [5.41, 5.74) is 1.72. The molecular weight excluding hydrogens is 276 g/mol. The van der Waals surface area contributed by atoms with Crippen LogP contribution in [-0.2, 0) is 0 Å². The van der Waals surface area contributed by atoms with Crippen LogP contribution in [0.5, 0.6) is 0 Å². The predicted molar refractivity (Wildman–Crippen MR) is 90.1 cm³/mol. The summed E-state index contributed by atoms with van der Waals surface area (Å²) in [7, 11) is 0. The van der Waals surface area contributed by atoms with Crippen molar-refractivity contribution in [1.29, 1.82) is 0 Å². The number of benzene rings is 1. The van der Waals surface area contributed by atoms with Gasteiger partial charge in [-0.15, -0.1) is 0 Å². The van der Waals surface area contributed by atoms with Crippen LogP contribution in [0.25, 0.3) is 10.9 Å². The Kier molecular flexibility index (Phi) is 5.61. The van der Waals surface area contributed by atoms with Crippen molar-refractivity contribution in [3.05, 3.63) is 36.0 Å². The normalized spacial score (nSPS) is 12.5. The van der Waals surface area contributed by atoms with Gasteiger partial charge in [-0.05, 0) is 26.3 Å². The zero-order chi connectivity index (χ0) is 16.1. The molecule has 0 aliphatic heterocycles. The molecule has 4 nitrogen and oxygen atoms in total. The van der Waals surface area contributed by atoms with Gasteiger partial charge in [0.15, 0.2) is 0 Å². The average Bonchev–Trinajstić information content (AvgIpc) is 2.93. The van der Waals surface area contributed by atoms with Crippen LogP contribution in [0.4, 0.5) is 4.79 Å². The zero-order valence-electron chi connectivity index (χ0n) is 13.7. The summed E-state index contributed by atoms with van der Waals surface area (Å²) in [5.74, 6) is 0. The van der Waals surface area contributed by atoms with Gasteiger partial charge in [-0.3, -0.25) is 4.57 Å². The molecule has 1 amide bonds. The molecule has 1 aromatic heterocycles. The van der Waals surface area contributed by atoms with Crippen LogP contribution in [0.3, 0.4) is 0 Å². The number of aliphatic hydroxyl groups is 1. The van der Waals surface area contributed by atoms with Crippen molar-refractivity contribution in [2.24, 2.45) is 0 Å². The lowest BCUT2D eigenvalue weighted by molar-refractivity contribution is 0.165. The minimum atomic E-state index is -0.518.